The molecule has 56 heavy (non-hydrogen) atoms. The molecule has 0 spiro atoms. The number of unbranched alkanes of at least 4 members (excludes halogenated alkanes) is 18. The maximum atomic E-state index is 12.6. The van der Waals surface area contributed by atoms with Gasteiger partial charge in [-0.15, -0.1) is 0 Å². The van der Waals surface area contributed by atoms with Gasteiger partial charge in [-0.2, -0.15) is 0 Å². The normalized spacial score (nSPS) is 14.2. The zero-order valence-electron chi connectivity index (χ0n) is 35.0. The first-order chi connectivity index (χ1) is 27.1. The summed E-state index contributed by atoms with van der Waals surface area (Å²) < 4.78 is 32.7. The Morgan fingerprint density at radius 2 is 0.946 bits per heavy atom. The van der Waals surface area contributed by atoms with Crippen molar-refractivity contribution in [2.45, 2.75) is 193 Å². The van der Waals surface area contributed by atoms with Crippen molar-refractivity contribution in [2.24, 2.45) is 5.73 Å². The van der Waals surface area contributed by atoms with Crippen LogP contribution in [0.2, 0.25) is 0 Å². The molecule has 0 amide bonds. The molecular formula is C44H78NO10P. The van der Waals surface area contributed by atoms with Gasteiger partial charge >= 0.3 is 25.7 Å². The van der Waals surface area contributed by atoms with Crippen molar-refractivity contribution < 1.29 is 47.5 Å². The van der Waals surface area contributed by atoms with E-state index in [2.05, 4.69) is 67.0 Å². The second-order valence-corrected chi connectivity index (χ2v) is 15.9. The number of aliphatic carboxylic acids is 1. The Labute approximate surface area is 339 Å². The van der Waals surface area contributed by atoms with Crippen LogP contribution in [0.25, 0.3) is 0 Å². The Morgan fingerprint density at radius 3 is 1.39 bits per heavy atom. The highest BCUT2D eigenvalue weighted by Crippen LogP contribution is 2.43. The number of carbonyl (C=O) groups excluding carboxylic acids is 2. The molecule has 0 aromatic rings. The van der Waals surface area contributed by atoms with E-state index in [1.165, 1.54) is 57.8 Å². The van der Waals surface area contributed by atoms with E-state index >= 15 is 0 Å². The Hall–Kier alpha value is -2.56. The second kappa shape index (κ2) is 39.3. The van der Waals surface area contributed by atoms with Crippen LogP contribution in [0.5, 0.6) is 0 Å². The van der Waals surface area contributed by atoms with Crippen molar-refractivity contribution in [3.8, 4) is 0 Å². The molecule has 324 valence electrons. The Morgan fingerprint density at radius 1 is 0.554 bits per heavy atom. The van der Waals surface area contributed by atoms with Crippen LogP contribution in [0.4, 0.5) is 0 Å². The van der Waals surface area contributed by atoms with Crippen molar-refractivity contribution in [1.82, 2.24) is 0 Å². The van der Waals surface area contributed by atoms with E-state index in [-0.39, 0.29) is 19.4 Å². The van der Waals surface area contributed by atoms with Gasteiger partial charge < -0.3 is 25.2 Å². The molecule has 11 nitrogen and oxygen atoms in total. The first-order valence-electron chi connectivity index (χ1n) is 21.7. The number of hydrogen-bond donors (Lipinski definition) is 3. The number of esters is 2. The lowest BCUT2D eigenvalue weighted by Crippen LogP contribution is -2.34. The van der Waals surface area contributed by atoms with Gasteiger partial charge in [-0.1, -0.05) is 140 Å². The maximum absolute atomic E-state index is 12.6. The third-order valence-electron chi connectivity index (χ3n) is 9.05. The first-order valence-corrected chi connectivity index (χ1v) is 23.2. The quantitative estimate of drug-likeness (QED) is 0.0233. The van der Waals surface area contributed by atoms with Crippen LogP contribution in [0.1, 0.15) is 181 Å². The standard InChI is InChI=1S/C44H78NO10P/c1-3-5-7-9-11-13-15-17-19-20-22-24-26-28-30-32-34-36-43(47)55-40(38-53-56(50,51)54-39-41(45)44(48)49)37-52-42(46)35-33-31-29-27-25-23-21-18-16-14-12-10-8-6-4-2/h11-14,17-19,21,40-41H,3-10,15-16,20,22-39,45H2,1-2H3,(H,48,49)(H,50,51)/b13-11+,14-12+,19-17+,21-18+/t40-,41+/m1/s1. The molecule has 0 aliphatic carbocycles. The Kier molecular flexibility index (Phi) is 37.5. The summed E-state index contributed by atoms with van der Waals surface area (Å²) >= 11 is 0. The average Bonchev–Trinajstić information content (AvgIpc) is 3.17. The van der Waals surface area contributed by atoms with Crippen LogP contribution in [0, 0.1) is 0 Å². The molecule has 0 saturated carbocycles. The summed E-state index contributed by atoms with van der Waals surface area (Å²) in [5.74, 6) is -2.41. The van der Waals surface area contributed by atoms with Crippen LogP contribution in [0.15, 0.2) is 48.6 Å². The fourth-order valence-electron chi connectivity index (χ4n) is 5.59. The van der Waals surface area contributed by atoms with E-state index in [9.17, 15) is 23.8 Å². The van der Waals surface area contributed by atoms with Crippen LogP contribution in [-0.4, -0.2) is 59.9 Å². The van der Waals surface area contributed by atoms with E-state index in [1.807, 2.05) is 0 Å². The first kappa shape index (κ1) is 53.4. The molecule has 0 aromatic carbocycles. The summed E-state index contributed by atoms with van der Waals surface area (Å²) in [5, 5.41) is 8.89. The average molecular weight is 812 g/mol. The van der Waals surface area contributed by atoms with Crippen LogP contribution in [0.3, 0.4) is 0 Å². The van der Waals surface area contributed by atoms with E-state index in [0.717, 1.165) is 83.5 Å². The van der Waals surface area contributed by atoms with Gasteiger partial charge in [0.25, 0.3) is 0 Å². The molecule has 0 bridgehead atoms. The van der Waals surface area contributed by atoms with Gasteiger partial charge in [0, 0.05) is 12.8 Å². The van der Waals surface area contributed by atoms with Crippen LogP contribution < -0.4 is 5.73 Å². The molecule has 0 aromatic heterocycles. The highest BCUT2D eigenvalue weighted by Gasteiger charge is 2.28. The number of phosphoric acid groups is 1. The Balaban J connectivity index is 4.41. The van der Waals surface area contributed by atoms with E-state index in [4.69, 9.17) is 24.8 Å². The van der Waals surface area contributed by atoms with Crippen molar-refractivity contribution in [1.29, 1.82) is 0 Å². The topological polar surface area (TPSA) is 172 Å². The summed E-state index contributed by atoms with van der Waals surface area (Å²) in [5.41, 5.74) is 5.33. The zero-order valence-corrected chi connectivity index (χ0v) is 35.9. The number of carboxylic acids is 1. The fraction of sp³-hybridized carbons (Fsp3) is 0.750. The summed E-state index contributed by atoms with van der Waals surface area (Å²) in [6, 6.07) is -1.53. The molecule has 4 N–H and O–H groups in total. The molecule has 0 saturated heterocycles. The SMILES string of the molecule is CCCCC/C=C/C/C=C/CCCCCCCCCC(=O)O[C@H](COC(=O)CCCCCCC/C=C/C/C=C/CCCCC)COP(=O)(O)OC[C@H](N)C(=O)O. The van der Waals surface area contributed by atoms with Crippen molar-refractivity contribution in [3.05, 3.63) is 48.6 Å². The molecule has 1 unspecified atom stereocenters. The number of rotatable bonds is 40. The largest absolute Gasteiger partial charge is 0.480 e. The van der Waals surface area contributed by atoms with Crippen molar-refractivity contribution in [2.75, 3.05) is 19.8 Å². The van der Waals surface area contributed by atoms with E-state index in [1.54, 1.807) is 0 Å². The van der Waals surface area contributed by atoms with Gasteiger partial charge in [0.05, 0.1) is 13.2 Å². The second-order valence-electron chi connectivity index (χ2n) is 14.5. The van der Waals surface area contributed by atoms with Gasteiger partial charge in [0.1, 0.15) is 12.6 Å². The smallest absolute Gasteiger partial charge is 0.472 e. The molecule has 0 rings (SSSR count). The molecule has 0 radical (unpaired) electrons. The lowest BCUT2D eigenvalue weighted by Gasteiger charge is -2.20. The van der Waals surface area contributed by atoms with Crippen molar-refractivity contribution in [3.63, 3.8) is 0 Å². The molecule has 0 aliphatic heterocycles. The monoisotopic (exact) mass is 812 g/mol. The third kappa shape index (κ3) is 38.3. The fourth-order valence-corrected chi connectivity index (χ4v) is 6.37. The predicted molar refractivity (Wildman–Crippen MR) is 226 cm³/mol. The zero-order chi connectivity index (χ0) is 41.4. The highest BCUT2D eigenvalue weighted by molar-refractivity contribution is 7.47. The lowest BCUT2D eigenvalue weighted by molar-refractivity contribution is -0.161. The number of carboxylic acid groups (broad SMARTS) is 1. The van der Waals surface area contributed by atoms with Crippen LogP contribution >= 0.6 is 7.82 Å². The van der Waals surface area contributed by atoms with E-state index in [0.29, 0.717) is 12.8 Å². The van der Waals surface area contributed by atoms with Gasteiger partial charge in [0.15, 0.2) is 6.10 Å². The van der Waals surface area contributed by atoms with Gasteiger partial charge in [0.2, 0.25) is 0 Å². The number of hydrogen-bond acceptors (Lipinski definition) is 9. The van der Waals surface area contributed by atoms with Gasteiger partial charge in [-0.05, 0) is 77.0 Å². The molecular weight excluding hydrogens is 733 g/mol. The molecule has 0 fully saturated rings. The summed E-state index contributed by atoms with van der Waals surface area (Å²) in [4.78, 5) is 45.9. The third-order valence-corrected chi connectivity index (χ3v) is 10.0. The minimum absolute atomic E-state index is 0.148. The number of ether oxygens (including phenoxy) is 2. The number of nitrogens with two attached hydrogens (primary N) is 1. The van der Waals surface area contributed by atoms with Crippen LogP contribution in [-0.2, 0) is 37.5 Å². The maximum Gasteiger partial charge on any atom is 0.472 e. The molecule has 12 heteroatoms. The van der Waals surface area contributed by atoms with Gasteiger partial charge in [-0.25, -0.2) is 4.57 Å². The predicted octanol–water partition coefficient (Wildman–Crippen LogP) is 11.4. The lowest BCUT2D eigenvalue weighted by atomic mass is 10.1. The highest BCUT2D eigenvalue weighted by atomic mass is 31.2. The van der Waals surface area contributed by atoms with E-state index < -0.39 is 51.1 Å². The molecule has 0 heterocycles. The summed E-state index contributed by atoms with van der Waals surface area (Å²) in [6.07, 6.45) is 43.1. The minimum Gasteiger partial charge on any atom is -0.480 e. The van der Waals surface area contributed by atoms with Crippen molar-refractivity contribution >= 4 is 25.7 Å². The Bertz CT molecular complexity index is 1140. The summed E-state index contributed by atoms with van der Waals surface area (Å²) in [7, 11) is -4.72. The molecule has 3 atom stereocenters. The summed E-state index contributed by atoms with van der Waals surface area (Å²) in [6.45, 7) is 2.72. The molecule has 0 aliphatic rings. The number of allylic oxidation sites excluding steroid dienone is 8. The number of phosphoric ester groups is 1. The van der Waals surface area contributed by atoms with Gasteiger partial charge in [-0.3, -0.25) is 23.4 Å². The number of carbonyl (C=O) groups is 3. The minimum atomic E-state index is -4.72.